The Labute approximate surface area is 106 Å². The van der Waals surface area contributed by atoms with Gasteiger partial charge in [0.1, 0.15) is 5.82 Å². The molecule has 0 unspecified atom stereocenters. The van der Waals surface area contributed by atoms with Gasteiger partial charge in [-0.3, -0.25) is 4.21 Å². The average molecular weight is 304 g/mol. The molecule has 1 aliphatic rings. The molecule has 0 atom stereocenters. The van der Waals surface area contributed by atoms with Crippen LogP contribution in [0.25, 0.3) is 0 Å². The second-order valence-corrected chi connectivity index (χ2v) is 6.29. The molecule has 0 saturated carbocycles. The summed E-state index contributed by atoms with van der Waals surface area (Å²) in [5, 5.41) is 0. The van der Waals surface area contributed by atoms with Crippen molar-refractivity contribution in [2.75, 3.05) is 29.5 Å². The highest BCUT2D eigenvalue weighted by molar-refractivity contribution is 9.10. The molecule has 16 heavy (non-hydrogen) atoms. The van der Waals surface area contributed by atoms with E-state index in [1.807, 2.05) is 6.07 Å². The van der Waals surface area contributed by atoms with Crippen molar-refractivity contribution in [2.45, 2.75) is 6.54 Å². The van der Waals surface area contributed by atoms with Crippen molar-refractivity contribution in [1.82, 2.24) is 4.98 Å². The van der Waals surface area contributed by atoms with E-state index in [0.29, 0.717) is 6.54 Å². The van der Waals surface area contributed by atoms with Gasteiger partial charge in [0.25, 0.3) is 0 Å². The quantitative estimate of drug-likeness (QED) is 0.881. The van der Waals surface area contributed by atoms with E-state index >= 15 is 0 Å². The van der Waals surface area contributed by atoms with Gasteiger partial charge >= 0.3 is 0 Å². The fourth-order valence-corrected chi connectivity index (χ4v) is 3.19. The molecule has 0 radical (unpaired) electrons. The molecule has 2 N–H and O–H groups in total. The number of aromatic nitrogens is 1. The molecule has 1 aliphatic heterocycles. The van der Waals surface area contributed by atoms with Crippen molar-refractivity contribution in [3.8, 4) is 0 Å². The van der Waals surface area contributed by atoms with Crippen LogP contribution in [0.3, 0.4) is 0 Å². The summed E-state index contributed by atoms with van der Waals surface area (Å²) < 4.78 is 12.2. The molecule has 1 aromatic rings. The van der Waals surface area contributed by atoms with Crippen LogP contribution in [0.1, 0.15) is 5.56 Å². The zero-order valence-electron chi connectivity index (χ0n) is 8.86. The highest BCUT2D eigenvalue weighted by atomic mass is 79.9. The fraction of sp³-hybridized carbons (Fsp3) is 0.500. The van der Waals surface area contributed by atoms with Crippen molar-refractivity contribution in [3.63, 3.8) is 0 Å². The molecule has 0 spiro atoms. The fourth-order valence-electron chi connectivity index (χ4n) is 1.76. The minimum atomic E-state index is -0.658. The van der Waals surface area contributed by atoms with E-state index in [1.165, 1.54) is 0 Å². The standard InChI is InChI=1S/C10H14BrN3OS/c11-9-5-8(6-12)10(13-7-9)14-1-3-16(15)4-2-14/h5,7H,1-4,6,12H2. The third-order valence-electron chi connectivity index (χ3n) is 2.61. The lowest BCUT2D eigenvalue weighted by molar-refractivity contribution is 0.672. The molecular weight excluding hydrogens is 290 g/mol. The Kier molecular flexibility index (Phi) is 3.94. The van der Waals surface area contributed by atoms with Gasteiger partial charge < -0.3 is 10.6 Å². The highest BCUT2D eigenvalue weighted by Crippen LogP contribution is 2.22. The number of hydrogen-bond acceptors (Lipinski definition) is 4. The van der Waals surface area contributed by atoms with E-state index in [2.05, 4.69) is 25.8 Å². The summed E-state index contributed by atoms with van der Waals surface area (Å²) in [5.74, 6) is 2.38. The maximum atomic E-state index is 11.3. The van der Waals surface area contributed by atoms with Gasteiger partial charge in [-0.05, 0) is 22.0 Å². The molecule has 88 valence electrons. The van der Waals surface area contributed by atoms with Crippen LogP contribution >= 0.6 is 15.9 Å². The molecule has 4 nitrogen and oxygen atoms in total. The smallest absolute Gasteiger partial charge is 0.133 e. The van der Waals surface area contributed by atoms with Crippen LogP contribution in [-0.4, -0.2) is 33.8 Å². The number of nitrogens with two attached hydrogens (primary N) is 1. The number of anilines is 1. The van der Waals surface area contributed by atoms with Crippen molar-refractivity contribution in [2.24, 2.45) is 5.73 Å². The Bertz CT molecular complexity index is 403. The molecular formula is C10H14BrN3OS. The lowest BCUT2D eigenvalue weighted by atomic mass is 10.2. The van der Waals surface area contributed by atoms with Crippen LogP contribution < -0.4 is 10.6 Å². The number of rotatable bonds is 2. The summed E-state index contributed by atoms with van der Waals surface area (Å²) in [7, 11) is -0.658. The first-order valence-electron chi connectivity index (χ1n) is 5.15. The zero-order valence-corrected chi connectivity index (χ0v) is 11.3. The van der Waals surface area contributed by atoms with Gasteiger partial charge in [0.15, 0.2) is 0 Å². The second kappa shape index (κ2) is 5.25. The van der Waals surface area contributed by atoms with E-state index in [-0.39, 0.29) is 0 Å². The summed E-state index contributed by atoms with van der Waals surface area (Å²) >= 11 is 3.39. The summed E-state index contributed by atoms with van der Waals surface area (Å²) in [6.07, 6.45) is 1.78. The minimum Gasteiger partial charge on any atom is -0.355 e. The molecule has 6 heteroatoms. The third kappa shape index (κ3) is 2.61. The first-order valence-corrected chi connectivity index (χ1v) is 7.43. The Balaban J connectivity index is 2.22. The van der Waals surface area contributed by atoms with Crippen LogP contribution in [0.5, 0.6) is 0 Å². The van der Waals surface area contributed by atoms with Crippen molar-refractivity contribution >= 4 is 32.5 Å². The topological polar surface area (TPSA) is 59.2 Å². The summed E-state index contributed by atoms with van der Waals surface area (Å²) in [5.41, 5.74) is 6.74. The van der Waals surface area contributed by atoms with Gasteiger partial charge in [0.2, 0.25) is 0 Å². The van der Waals surface area contributed by atoms with Crippen molar-refractivity contribution in [3.05, 3.63) is 22.3 Å². The Hall–Kier alpha value is -0.460. The van der Waals surface area contributed by atoms with Crippen LogP contribution in [-0.2, 0) is 17.3 Å². The lowest BCUT2D eigenvalue weighted by Crippen LogP contribution is -2.38. The Morgan fingerprint density at radius 3 is 2.81 bits per heavy atom. The van der Waals surface area contributed by atoms with Gasteiger partial charge in [-0.25, -0.2) is 4.98 Å². The number of hydrogen-bond donors (Lipinski definition) is 1. The normalized spacial score (nSPS) is 17.8. The number of pyridine rings is 1. The summed E-state index contributed by atoms with van der Waals surface area (Å²) in [4.78, 5) is 6.56. The van der Waals surface area contributed by atoms with Gasteiger partial charge in [-0.1, -0.05) is 0 Å². The molecule has 0 amide bonds. The third-order valence-corrected chi connectivity index (χ3v) is 4.32. The second-order valence-electron chi connectivity index (χ2n) is 3.68. The van der Waals surface area contributed by atoms with E-state index in [1.54, 1.807) is 6.20 Å². The van der Waals surface area contributed by atoms with Crippen molar-refractivity contribution < 1.29 is 4.21 Å². The van der Waals surface area contributed by atoms with Gasteiger partial charge in [-0.2, -0.15) is 0 Å². The molecule has 0 aromatic carbocycles. The minimum absolute atomic E-state index is 0.474. The van der Waals surface area contributed by atoms with Crippen LogP contribution in [0.4, 0.5) is 5.82 Å². The van der Waals surface area contributed by atoms with E-state index in [0.717, 1.165) is 40.4 Å². The molecule has 2 rings (SSSR count). The van der Waals surface area contributed by atoms with Gasteiger partial charge in [0, 0.05) is 58.2 Å². The van der Waals surface area contributed by atoms with Crippen LogP contribution in [0.2, 0.25) is 0 Å². The predicted octanol–water partition coefficient (Wildman–Crippen LogP) is 0.871. The van der Waals surface area contributed by atoms with E-state index < -0.39 is 10.8 Å². The van der Waals surface area contributed by atoms with Gasteiger partial charge in [0.05, 0.1) is 0 Å². The molecule has 1 aromatic heterocycles. The maximum absolute atomic E-state index is 11.3. The largest absolute Gasteiger partial charge is 0.355 e. The average Bonchev–Trinajstić information content (AvgIpc) is 2.30. The molecule has 1 saturated heterocycles. The maximum Gasteiger partial charge on any atom is 0.133 e. The predicted molar refractivity (Wildman–Crippen MR) is 69.9 cm³/mol. The van der Waals surface area contributed by atoms with Gasteiger partial charge in [-0.15, -0.1) is 0 Å². The highest BCUT2D eigenvalue weighted by Gasteiger charge is 2.18. The summed E-state index contributed by atoms with van der Waals surface area (Å²) in [6, 6.07) is 1.99. The summed E-state index contributed by atoms with van der Waals surface area (Å²) in [6.45, 7) is 2.07. The van der Waals surface area contributed by atoms with E-state index in [9.17, 15) is 4.21 Å². The first-order chi connectivity index (χ1) is 7.70. The molecule has 1 fully saturated rings. The molecule has 2 heterocycles. The zero-order chi connectivity index (χ0) is 11.5. The molecule has 0 aliphatic carbocycles. The van der Waals surface area contributed by atoms with Crippen LogP contribution in [0, 0.1) is 0 Å². The Morgan fingerprint density at radius 1 is 1.50 bits per heavy atom. The first kappa shape index (κ1) is 12.0. The van der Waals surface area contributed by atoms with Crippen molar-refractivity contribution in [1.29, 1.82) is 0 Å². The van der Waals surface area contributed by atoms with E-state index in [4.69, 9.17) is 5.73 Å². The van der Waals surface area contributed by atoms with Crippen LogP contribution in [0.15, 0.2) is 16.7 Å². The number of halogens is 1. The lowest BCUT2D eigenvalue weighted by Gasteiger charge is -2.28. The SMILES string of the molecule is NCc1cc(Br)cnc1N1CCS(=O)CC1. The number of nitrogens with zero attached hydrogens (tertiary/aromatic N) is 2. The molecule has 0 bridgehead atoms. The Morgan fingerprint density at radius 2 is 2.19 bits per heavy atom. The monoisotopic (exact) mass is 303 g/mol.